The molecule has 1 unspecified atom stereocenters. The summed E-state index contributed by atoms with van der Waals surface area (Å²) in [5, 5.41) is 6.69. The van der Waals surface area contributed by atoms with Crippen molar-refractivity contribution in [2.24, 2.45) is 0 Å². The Kier molecular flexibility index (Phi) is 2.49. The Hall–Kier alpha value is -0.0800. The molecule has 0 heterocycles. The highest BCUT2D eigenvalue weighted by atomic mass is 15.1. The van der Waals surface area contributed by atoms with Crippen molar-refractivity contribution < 1.29 is 0 Å². The monoisotopic (exact) mass is 128 g/mol. The first-order chi connectivity index (χ1) is 4.36. The van der Waals surface area contributed by atoms with Crippen LogP contribution in [0.2, 0.25) is 0 Å². The fourth-order valence-corrected chi connectivity index (χ4v) is 0.940. The summed E-state index contributed by atoms with van der Waals surface area (Å²) >= 11 is 0. The van der Waals surface area contributed by atoms with Crippen molar-refractivity contribution in [3.05, 3.63) is 0 Å². The van der Waals surface area contributed by atoms with E-state index in [-0.39, 0.29) is 0 Å². The molecule has 1 rings (SSSR count). The van der Waals surface area contributed by atoms with Crippen LogP contribution < -0.4 is 10.6 Å². The molecule has 1 atom stereocenters. The second-order valence-electron chi connectivity index (χ2n) is 2.69. The van der Waals surface area contributed by atoms with Gasteiger partial charge in [-0.2, -0.15) is 0 Å². The van der Waals surface area contributed by atoms with Gasteiger partial charge >= 0.3 is 0 Å². The normalized spacial score (nSPS) is 22.0. The van der Waals surface area contributed by atoms with Gasteiger partial charge in [-0.3, -0.25) is 5.32 Å². The summed E-state index contributed by atoms with van der Waals surface area (Å²) < 4.78 is 0. The highest BCUT2D eigenvalue weighted by Gasteiger charge is 2.22. The Bertz CT molecular complexity index is 75.0. The van der Waals surface area contributed by atoms with Crippen molar-refractivity contribution in [3.63, 3.8) is 0 Å². The molecule has 1 fully saturated rings. The SMILES string of the molecule is CCC(NC)NC1CC1. The van der Waals surface area contributed by atoms with Crippen molar-refractivity contribution in [2.75, 3.05) is 7.05 Å². The van der Waals surface area contributed by atoms with Crippen LogP contribution in [0, 0.1) is 0 Å². The van der Waals surface area contributed by atoms with Crippen LogP contribution in [0.4, 0.5) is 0 Å². The summed E-state index contributed by atoms with van der Waals surface area (Å²) in [6.45, 7) is 2.19. The lowest BCUT2D eigenvalue weighted by molar-refractivity contribution is 0.440. The van der Waals surface area contributed by atoms with Crippen molar-refractivity contribution in [1.29, 1.82) is 0 Å². The number of hydrogen-bond donors (Lipinski definition) is 2. The highest BCUT2D eigenvalue weighted by molar-refractivity contribution is 4.83. The van der Waals surface area contributed by atoms with Crippen LogP contribution in [0.3, 0.4) is 0 Å². The molecule has 2 nitrogen and oxygen atoms in total. The van der Waals surface area contributed by atoms with Crippen LogP contribution in [0.1, 0.15) is 26.2 Å². The van der Waals surface area contributed by atoms with Gasteiger partial charge in [0.05, 0.1) is 6.17 Å². The molecule has 0 aromatic rings. The van der Waals surface area contributed by atoms with Gasteiger partial charge in [0.25, 0.3) is 0 Å². The lowest BCUT2D eigenvalue weighted by Gasteiger charge is -2.14. The average Bonchev–Trinajstić information content (AvgIpc) is 2.66. The maximum absolute atomic E-state index is 3.48. The minimum absolute atomic E-state index is 0.539. The Labute approximate surface area is 57.0 Å². The summed E-state index contributed by atoms with van der Waals surface area (Å²) in [6.07, 6.45) is 4.46. The summed E-state index contributed by atoms with van der Waals surface area (Å²) in [5.74, 6) is 0. The Morgan fingerprint density at radius 2 is 2.22 bits per heavy atom. The molecule has 2 N–H and O–H groups in total. The summed E-state index contributed by atoms with van der Waals surface area (Å²) in [6, 6.07) is 0.822. The van der Waals surface area contributed by atoms with E-state index in [1.54, 1.807) is 0 Å². The third-order valence-corrected chi connectivity index (χ3v) is 1.77. The smallest absolute Gasteiger partial charge is 0.0568 e. The number of hydrogen-bond acceptors (Lipinski definition) is 2. The largest absolute Gasteiger partial charge is 0.305 e. The highest BCUT2D eigenvalue weighted by Crippen LogP contribution is 2.19. The molecule has 1 saturated carbocycles. The lowest BCUT2D eigenvalue weighted by atomic mass is 10.4. The van der Waals surface area contributed by atoms with Gasteiger partial charge in [0, 0.05) is 6.04 Å². The Morgan fingerprint density at radius 3 is 2.56 bits per heavy atom. The predicted octanol–water partition coefficient (Wildman–Crippen LogP) is 0.694. The van der Waals surface area contributed by atoms with Gasteiger partial charge < -0.3 is 5.32 Å². The molecule has 0 saturated heterocycles. The summed E-state index contributed by atoms with van der Waals surface area (Å²) in [4.78, 5) is 0. The van der Waals surface area contributed by atoms with E-state index in [1.807, 2.05) is 7.05 Å². The van der Waals surface area contributed by atoms with Crippen LogP contribution >= 0.6 is 0 Å². The molecule has 0 aliphatic heterocycles. The number of rotatable bonds is 4. The fourth-order valence-electron chi connectivity index (χ4n) is 0.940. The molecule has 0 bridgehead atoms. The van der Waals surface area contributed by atoms with E-state index in [9.17, 15) is 0 Å². The minimum atomic E-state index is 0.539. The van der Waals surface area contributed by atoms with E-state index in [0.717, 1.165) is 6.04 Å². The molecule has 54 valence electrons. The molecule has 9 heavy (non-hydrogen) atoms. The zero-order chi connectivity index (χ0) is 6.69. The minimum Gasteiger partial charge on any atom is -0.305 e. The standard InChI is InChI=1S/C7H16N2/c1-3-7(8-2)9-6-4-5-6/h6-9H,3-5H2,1-2H3. The maximum atomic E-state index is 3.48. The molecule has 0 radical (unpaired) electrons. The zero-order valence-electron chi connectivity index (χ0n) is 6.28. The van der Waals surface area contributed by atoms with Gasteiger partial charge in [0.2, 0.25) is 0 Å². The molecule has 0 aromatic carbocycles. The van der Waals surface area contributed by atoms with Crippen molar-refractivity contribution in [1.82, 2.24) is 10.6 Å². The molecule has 1 aliphatic carbocycles. The quantitative estimate of drug-likeness (QED) is 0.544. The summed E-state index contributed by atoms with van der Waals surface area (Å²) in [5.41, 5.74) is 0. The second kappa shape index (κ2) is 3.18. The summed E-state index contributed by atoms with van der Waals surface area (Å²) in [7, 11) is 2.00. The zero-order valence-corrected chi connectivity index (χ0v) is 6.28. The van der Waals surface area contributed by atoms with Gasteiger partial charge in [-0.05, 0) is 26.3 Å². The van der Waals surface area contributed by atoms with E-state index in [0.29, 0.717) is 6.17 Å². The predicted molar refractivity (Wildman–Crippen MR) is 39.3 cm³/mol. The molecule has 0 amide bonds. The molecular weight excluding hydrogens is 112 g/mol. The second-order valence-corrected chi connectivity index (χ2v) is 2.69. The van der Waals surface area contributed by atoms with E-state index in [2.05, 4.69) is 17.6 Å². The first-order valence-corrected chi connectivity index (χ1v) is 3.80. The van der Waals surface area contributed by atoms with Gasteiger partial charge in [0.1, 0.15) is 0 Å². The van der Waals surface area contributed by atoms with Crippen LogP contribution in [-0.2, 0) is 0 Å². The van der Waals surface area contributed by atoms with Crippen LogP contribution in [0.25, 0.3) is 0 Å². The van der Waals surface area contributed by atoms with Crippen molar-refractivity contribution >= 4 is 0 Å². The average molecular weight is 128 g/mol. The van der Waals surface area contributed by atoms with E-state index < -0.39 is 0 Å². The van der Waals surface area contributed by atoms with Crippen molar-refractivity contribution in [2.45, 2.75) is 38.4 Å². The third-order valence-electron chi connectivity index (χ3n) is 1.77. The molecular formula is C7H16N2. The first kappa shape index (κ1) is 7.03. The fraction of sp³-hybridized carbons (Fsp3) is 1.00. The Morgan fingerprint density at radius 1 is 1.56 bits per heavy atom. The topological polar surface area (TPSA) is 24.1 Å². The first-order valence-electron chi connectivity index (χ1n) is 3.80. The van der Waals surface area contributed by atoms with Gasteiger partial charge in [-0.15, -0.1) is 0 Å². The molecule has 2 heteroatoms. The van der Waals surface area contributed by atoms with Crippen LogP contribution in [0.5, 0.6) is 0 Å². The van der Waals surface area contributed by atoms with Gasteiger partial charge in [0.15, 0.2) is 0 Å². The maximum Gasteiger partial charge on any atom is 0.0568 e. The van der Waals surface area contributed by atoms with E-state index in [4.69, 9.17) is 0 Å². The van der Waals surface area contributed by atoms with Crippen LogP contribution in [-0.4, -0.2) is 19.3 Å². The Balaban J connectivity index is 2.05. The van der Waals surface area contributed by atoms with E-state index in [1.165, 1.54) is 19.3 Å². The van der Waals surface area contributed by atoms with Gasteiger partial charge in [-0.1, -0.05) is 6.92 Å². The van der Waals surface area contributed by atoms with Crippen LogP contribution in [0.15, 0.2) is 0 Å². The van der Waals surface area contributed by atoms with Crippen molar-refractivity contribution in [3.8, 4) is 0 Å². The number of nitrogens with one attached hydrogen (secondary N) is 2. The molecule has 0 spiro atoms. The van der Waals surface area contributed by atoms with E-state index >= 15 is 0 Å². The third kappa shape index (κ3) is 2.33. The molecule has 0 aromatic heterocycles. The van der Waals surface area contributed by atoms with Gasteiger partial charge in [-0.25, -0.2) is 0 Å². The molecule has 1 aliphatic rings. The lowest BCUT2D eigenvalue weighted by Crippen LogP contribution is -2.40.